The molecular formula is C10H11FN2OS. The van der Waals surface area contributed by atoms with Gasteiger partial charge in [0.05, 0.1) is 18.5 Å². The van der Waals surface area contributed by atoms with Crippen molar-refractivity contribution >= 4 is 17.6 Å². The third kappa shape index (κ3) is 2.30. The Bertz CT molecular complexity index is 393. The maximum atomic E-state index is 13.0. The summed E-state index contributed by atoms with van der Waals surface area (Å²) in [5, 5.41) is 7.76. The van der Waals surface area contributed by atoms with Crippen molar-refractivity contribution in [3.8, 4) is 0 Å². The van der Waals surface area contributed by atoms with Crippen LogP contribution in [-0.4, -0.2) is 24.3 Å². The van der Waals surface area contributed by atoms with Crippen molar-refractivity contribution in [1.82, 2.24) is 0 Å². The van der Waals surface area contributed by atoms with Crippen LogP contribution in [-0.2, 0) is 4.74 Å². The molecule has 3 N–H and O–H groups in total. The molecule has 1 aliphatic rings. The number of hydrogen-bond donors (Lipinski definition) is 2. The monoisotopic (exact) mass is 226 g/mol. The number of nitrogen functional groups attached to an aromatic ring is 1. The number of nitrogens with two attached hydrogens (primary N) is 1. The van der Waals surface area contributed by atoms with Crippen LogP contribution in [0.4, 0.5) is 4.39 Å². The van der Waals surface area contributed by atoms with E-state index >= 15 is 0 Å². The van der Waals surface area contributed by atoms with E-state index in [0.717, 1.165) is 4.90 Å². The molecule has 5 heteroatoms. The lowest BCUT2D eigenvalue weighted by atomic mass is 10.2. The maximum absolute atomic E-state index is 13.0. The Labute approximate surface area is 91.3 Å². The highest BCUT2D eigenvalue weighted by Crippen LogP contribution is 2.30. The summed E-state index contributed by atoms with van der Waals surface area (Å²) in [6.45, 7) is 1.42. The predicted molar refractivity (Wildman–Crippen MR) is 57.9 cm³/mol. The van der Waals surface area contributed by atoms with Gasteiger partial charge in [-0.15, -0.1) is 11.8 Å². The van der Waals surface area contributed by atoms with Gasteiger partial charge in [-0.1, -0.05) is 0 Å². The first-order valence-corrected chi connectivity index (χ1v) is 5.43. The van der Waals surface area contributed by atoms with Crippen LogP contribution in [0.2, 0.25) is 0 Å². The molecule has 0 bridgehead atoms. The molecule has 1 fully saturated rings. The molecule has 0 spiro atoms. The van der Waals surface area contributed by atoms with Gasteiger partial charge >= 0.3 is 0 Å². The summed E-state index contributed by atoms with van der Waals surface area (Å²) in [6, 6.07) is 4.34. The van der Waals surface area contributed by atoms with Crippen LogP contribution in [0, 0.1) is 11.2 Å². The first kappa shape index (κ1) is 10.4. The van der Waals surface area contributed by atoms with Crippen LogP contribution in [0.3, 0.4) is 0 Å². The number of hydrogen-bond acceptors (Lipinski definition) is 3. The van der Waals surface area contributed by atoms with Crippen molar-refractivity contribution in [1.29, 1.82) is 5.41 Å². The molecule has 0 amide bonds. The molecule has 3 nitrogen and oxygen atoms in total. The summed E-state index contributed by atoms with van der Waals surface area (Å²) in [5.74, 6) is -0.466. The van der Waals surface area contributed by atoms with Crippen LogP contribution in [0.25, 0.3) is 0 Å². The highest BCUT2D eigenvalue weighted by Gasteiger charge is 2.21. The van der Waals surface area contributed by atoms with Crippen LogP contribution in [0.15, 0.2) is 23.1 Å². The largest absolute Gasteiger partial charge is 0.384 e. The zero-order chi connectivity index (χ0) is 10.8. The molecule has 1 heterocycles. The SMILES string of the molecule is N=C(N)c1cc(F)ccc1SC1COC1. The summed E-state index contributed by atoms with van der Waals surface area (Å²) in [7, 11) is 0. The average Bonchev–Trinajstić information content (AvgIpc) is 2.12. The molecule has 0 radical (unpaired) electrons. The predicted octanol–water partition coefficient (Wildman–Crippen LogP) is 1.60. The van der Waals surface area contributed by atoms with Gasteiger partial charge in [0, 0.05) is 10.5 Å². The molecule has 0 aliphatic carbocycles. The van der Waals surface area contributed by atoms with Gasteiger partial charge in [-0.05, 0) is 18.2 Å². The number of rotatable bonds is 3. The molecule has 1 aliphatic heterocycles. The molecule has 1 aromatic rings. The standard InChI is InChI=1S/C10H11FN2OS/c11-6-1-2-9(8(3-6)10(12)13)15-7-4-14-5-7/h1-3,7H,4-5H2,(H3,12,13). The lowest BCUT2D eigenvalue weighted by Gasteiger charge is -2.25. The number of halogens is 1. The van der Waals surface area contributed by atoms with Gasteiger partial charge in [0.1, 0.15) is 11.7 Å². The lowest BCUT2D eigenvalue weighted by molar-refractivity contribution is 0.0455. The van der Waals surface area contributed by atoms with E-state index < -0.39 is 0 Å². The van der Waals surface area contributed by atoms with Gasteiger partial charge in [0.25, 0.3) is 0 Å². The molecular weight excluding hydrogens is 215 g/mol. The third-order valence-electron chi connectivity index (χ3n) is 2.13. The summed E-state index contributed by atoms with van der Waals surface area (Å²) in [4.78, 5) is 0.845. The van der Waals surface area contributed by atoms with Crippen molar-refractivity contribution in [2.45, 2.75) is 10.1 Å². The Morgan fingerprint density at radius 2 is 2.27 bits per heavy atom. The highest BCUT2D eigenvalue weighted by atomic mass is 32.2. The van der Waals surface area contributed by atoms with Crippen molar-refractivity contribution in [3.63, 3.8) is 0 Å². The van der Waals surface area contributed by atoms with E-state index in [9.17, 15) is 4.39 Å². The fourth-order valence-electron chi connectivity index (χ4n) is 1.28. The number of ether oxygens (including phenoxy) is 1. The van der Waals surface area contributed by atoms with E-state index in [1.807, 2.05) is 0 Å². The van der Waals surface area contributed by atoms with Crippen LogP contribution in [0.1, 0.15) is 5.56 Å². The van der Waals surface area contributed by atoms with Gasteiger partial charge in [0.2, 0.25) is 0 Å². The fourth-order valence-corrected chi connectivity index (χ4v) is 2.41. The van der Waals surface area contributed by atoms with Gasteiger partial charge in [0.15, 0.2) is 0 Å². The minimum absolute atomic E-state index is 0.0998. The Balaban J connectivity index is 2.23. The minimum atomic E-state index is -0.366. The normalized spacial score (nSPS) is 16.1. The van der Waals surface area contributed by atoms with Crippen molar-refractivity contribution in [3.05, 3.63) is 29.6 Å². The Morgan fingerprint density at radius 3 is 2.80 bits per heavy atom. The van der Waals surface area contributed by atoms with E-state index in [1.54, 1.807) is 17.8 Å². The summed E-state index contributed by atoms with van der Waals surface area (Å²) in [5.41, 5.74) is 5.86. The van der Waals surface area contributed by atoms with E-state index in [2.05, 4.69) is 0 Å². The highest BCUT2D eigenvalue weighted by molar-refractivity contribution is 8.00. The van der Waals surface area contributed by atoms with Gasteiger partial charge in [-0.2, -0.15) is 0 Å². The van der Waals surface area contributed by atoms with E-state index in [4.69, 9.17) is 15.9 Å². The number of thioether (sulfide) groups is 1. The molecule has 15 heavy (non-hydrogen) atoms. The molecule has 2 rings (SSSR count). The van der Waals surface area contributed by atoms with Crippen molar-refractivity contribution < 1.29 is 9.13 Å². The molecule has 1 aromatic carbocycles. The van der Waals surface area contributed by atoms with Gasteiger partial charge in [-0.3, -0.25) is 5.41 Å². The second-order valence-corrected chi connectivity index (χ2v) is 4.67. The van der Waals surface area contributed by atoms with Crippen molar-refractivity contribution in [2.75, 3.05) is 13.2 Å². The summed E-state index contributed by atoms with van der Waals surface area (Å²) >= 11 is 1.58. The number of benzene rings is 1. The summed E-state index contributed by atoms with van der Waals surface area (Å²) in [6.07, 6.45) is 0. The van der Waals surface area contributed by atoms with Crippen molar-refractivity contribution in [2.24, 2.45) is 5.73 Å². The zero-order valence-electron chi connectivity index (χ0n) is 8.00. The quantitative estimate of drug-likeness (QED) is 0.608. The molecule has 0 atom stereocenters. The Morgan fingerprint density at radius 1 is 1.53 bits per heavy atom. The molecule has 0 unspecified atom stereocenters. The fraction of sp³-hybridized carbons (Fsp3) is 0.300. The minimum Gasteiger partial charge on any atom is -0.384 e. The van der Waals surface area contributed by atoms with Gasteiger partial charge in [-0.25, -0.2) is 4.39 Å². The molecule has 0 aromatic heterocycles. The van der Waals surface area contributed by atoms with E-state index in [1.165, 1.54) is 12.1 Å². The lowest BCUT2D eigenvalue weighted by Crippen LogP contribution is -2.30. The number of amidine groups is 1. The second-order valence-electron chi connectivity index (χ2n) is 3.33. The first-order valence-electron chi connectivity index (χ1n) is 4.55. The van der Waals surface area contributed by atoms with E-state index in [-0.39, 0.29) is 11.7 Å². The summed E-state index contributed by atoms with van der Waals surface area (Å²) < 4.78 is 18.0. The smallest absolute Gasteiger partial charge is 0.124 e. The average molecular weight is 226 g/mol. The third-order valence-corrected chi connectivity index (χ3v) is 3.35. The molecule has 80 valence electrons. The zero-order valence-corrected chi connectivity index (χ0v) is 8.81. The first-order chi connectivity index (χ1) is 7.16. The molecule has 1 saturated heterocycles. The Hall–Kier alpha value is -1.07. The van der Waals surface area contributed by atoms with Crippen LogP contribution < -0.4 is 5.73 Å². The number of nitrogens with one attached hydrogen (secondary N) is 1. The Kier molecular flexibility index (Phi) is 2.93. The second kappa shape index (κ2) is 4.20. The van der Waals surface area contributed by atoms with Crippen LogP contribution >= 0.6 is 11.8 Å². The van der Waals surface area contributed by atoms with E-state index in [0.29, 0.717) is 24.0 Å². The van der Waals surface area contributed by atoms with Gasteiger partial charge < -0.3 is 10.5 Å². The topological polar surface area (TPSA) is 59.1 Å². The molecule has 0 saturated carbocycles. The van der Waals surface area contributed by atoms with Crippen LogP contribution in [0.5, 0.6) is 0 Å². The maximum Gasteiger partial charge on any atom is 0.124 e.